The van der Waals surface area contributed by atoms with Crippen molar-refractivity contribution in [1.82, 2.24) is 0 Å². The number of nitrogens with zero attached hydrogens (tertiary/aromatic N) is 2. The molecule has 0 aromatic rings. The van der Waals surface area contributed by atoms with Crippen LogP contribution in [0.15, 0.2) is 28.0 Å². The first-order valence-corrected chi connectivity index (χ1v) is 5.96. The number of nitro groups is 1. The van der Waals surface area contributed by atoms with E-state index in [1.807, 2.05) is 27.7 Å². The second kappa shape index (κ2) is 5.00. The summed E-state index contributed by atoms with van der Waals surface area (Å²) in [5.74, 6) is 0. The van der Waals surface area contributed by atoms with Gasteiger partial charge in [-0.05, 0) is 18.4 Å². The van der Waals surface area contributed by atoms with E-state index < -0.39 is 4.92 Å². The third-order valence-corrected chi connectivity index (χ3v) is 2.91. The summed E-state index contributed by atoms with van der Waals surface area (Å²) >= 11 is 5.91. The molecule has 0 bridgehead atoms. The maximum Gasteiger partial charge on any atom is 0.302 e. The number of aliphatic imine (C=N–C) groups is 1. The van der Waals surface area contributed by atoms with E-state index in [1.165, 1.54) is 0 Å². The molecular weight excluding hydrogens is 240 g/mol. The first kappa shape index (κ1) is 13.9. The zero-order chi connectivity index (χ0) is 13.2. The maximum absolute atomic E-state index is 10.8. The molecule has 0 unspecified atom stereocenters. The highest BCUT2D eigenvalue weighted by atomic mass is 35.5. The van der Waals surface area contributed by atoms with Crippen molar-refractivity contribution < 1.29 is 4.92 Å². The Hall–Kier alpha value is -1.16. The van der Waals surface area contributed by atoms with Crippen LogP contribution in [0.1, 0.15) is 40.5 Å². The second-order valence-electron chi connectivity index (χ2n) is 5.01. The lowest BCUT2D eigenvalue weighted by Gasteiger charge is -2.22. The summed E-state index contributed by atoms with van der Waals surface area (Å²) in [7, 11) is 0. The van der Waals surface area contributed by atoms with Gasteiger partial charge in [0.1, 0.15) is 0 Å². The molecule has 94 valence electrons. The summed E-state index contributed by atoms with van der Waals surface area (Å²) in [4.78, 5) is 14.6. The van der Waals surface area contributed by atoms with Crippen molar-refractivity contribution in [3.05, 3.63) is 33.2 Å². The summed E-state index contributed by atoms with van der Waals surface area (Å²) < 4.78 is 0. The van der Waals surface area contributed by atoms with Crippen LogP contribution in [0.3, 0.4) is 0 Å². The lowest BCUT2D eigenvalue weighted by Crippen LogP contribution is -2.12. The number of hydrogen-bond donors (Lipinski definition) is 0. The molecule has 0 amide bonds. The highest BCUT2D eigenvalue weighted by Gasteiger charge is 2.27. The Labute approximate surface area is 106 Å². The summed E-state index contributed by atoms with van der Waals surface area (Å²) in [6, 6.07) is 0. The fourth-order valence-corrected chi connectivity index (χ4v) is 2.03. The van der Waals surface area contributed by atoms with Crippen molar-refractivity contribution in [2.75, 3.05) is 0 Å². The van der Waals surface area contributed by atoms with Gasteiger partial charge in [0.15, 0.2) is 0 Å². The second-order valence-corrected chi connectivity index (χ2v) is 5.37. The fourth-order valence-electron chi connectivity index (χ4n) is 1.79. The Balaban J connectivity index is 3.29. The molecule has 0 saturated carbocycles. The van der Waals surface area contributed by atoms with Crippen LogP contribution in [0.5, 0.6) is 0 Å². The van der Waals surface area contributed by atoms with E-state index in [2.05, 4.69) is 4.99 Å². The average molecular weight is 257 g/mol. The van der Waals surface area contributed by atoms with E-state index in [4.69, 9.17) is 11.6 Å². The molecule has 0 fully saturated rings. The van der Waals surface area contributed by atoms with E-state index in [0.717, 1.165) is 17.7 Å². The summed E-state index contributed by atoms with van der Waals surface area (Å²) in [6.07, 6.45) is 2.91. The van der Waals surface area contributed by atoms with Gasteiger partial charge in [-0.2, -0.15) is 0 Å². The first-order chi connectivity index (χ1) is 7.77. The molecule has 1 heterocycles. The van der Waals surface area contributed by atoms with Crippen LogP contribution in [-0.2, 0) is 0 Å². The Kier molecular flexibility index (Phi) is 4.09. The largest absolute Gasteiger partial charge is 0.302 e. The predicted octanol–water partition coefficient (Wildman–Crippen LogP) is 3.90. The van der Waals surface area contributed by atoms with Crippen molar-refractivity contribution >= 4 is 16.8 Å². The van der Waals surface area contributed by atoms with Crippen LogP contribution in [0.2, 0.25) is 0 Å². The van der Waals surface area contributed by atoms with E-state index in [0.29, 0.717) is 6.42 Å². The molecule has 0 aromatic carbocycles. The van der Waals surface area contributed by atoms with E-state index in [9.17, 15) is 10.1 Å². The van der Waals surface area contributed by atoms with Crippen molar-refractivity contribution in [1.29, 1.82) is 0 Å². The van der Waals surface area contributed by atoms with Gasteiger partial charge in [0.05, 0.1) is 4.92 Å². The molecule has 0 atom stereocenters. The molecule has 17 heavy (non-hydrogen) atoms. The molecule has 1 aliphatic rings. The molecule has 0 N–H and O–H groups in total. The van der Waals surface area contributed by atoms with Crippen LogP contribution in [0.25, 0.3) is 0 Å². The maximum atomic E-state index is 10.8. The quantitative estimate of drug-likeness (QED) is 0.556. The number of allylic oxidation sites excluding steroid dienone is 4. The van der Waals surface area contributed by atoms with Gasteiger partial charge in [0.25, 0.3) is 0 Å². The van der Waals surface area contributed by atoms with Crippen LogP contribution in [-0.4, -0.2) is 10.1 Å². The van der Waals surface area contributed by atoms with Gasteiger partial charge < -0.3 is 0 Å². The standard InChI is InChI=1S/C12H17ClN2O2/c1-5-8-6-7-9(15(16)17)11(13)14-10(8)12(2,3)4/h7H,5-6H2,1-4H3. The SMILES string of the molecule is CCC1=C(C(C)(C)C)N=C(Cl)C([N+](=O)[O-])=CC1. The minimum atomic E-state index is -0.481. The molecular formula is C12H17ClN2O2. The molecule has 0 aromatic heterocycles. The van der Waals surface area contributed by atoms with Crippen LogP contribution >= 0.6 is 11.6 Å². The molecule has 4 nitrogen and oxygen atoms in total. The molecule has 1 rings (SSSR count). The summed E-state index contributed by atoms with van der Waals surface area (Å²) in [5.41, 5.74) is 1.70. The van der Waals surface area contributed by atoms with Crippen molar-refractivity contribution in [3.8, 4) is 0 Å². The third kappa shape index (κ3) is 3.16. The van der Waals surface area contributed by atoms with Gasteiger partial charge in [-0.25, -0.2) is 4.99 Å². The molecule has 0 saturated heterocycles. The molecule has 0 spiro atoms. The monoisotopic (exact) mass is 256 g/mol. The minimum absolute atomic E-state index is 0.0247. The van der Waals surface area contributed by atoms with Crippen LogP contribution in [0.4, 0.5) is 0 Å². The van der Waals surface area contributed by atoms with Crippen LogP contribution < -0.4 is 0 Å². The lowest BCUT2D eigenvalue weighted by atomic mass is 9.87. The van der Waals surface area contributed by atoms with E-state index in [-0.39, 0.29) is 16.3 Å². The topological polar surface area (TPSA) is 55.5 Å². The van der Waals surface area contributed by atoms with Gasteiger partial charge in [-0.3, -0.25) is 10.1 Å². The highest BCUT2D eigenvalue weighted by Crippen LogP contribution is 2.34. The van der Waals surface area contributed by atoms with Crippen LogP contribution in [0, 0.1) is 15.5 Å². The van der Waals surface area contributed by atoms with Crippen molar-refractivity contribution in [2.24, 2.45) is 10.4 Å². The smallest absolute Gasteiger partial charge is 0.258 e. The number of hydrogen-bond acceptors (Lipinski definition) is 3. The van der Waals surface area contributed by atoms with E-state index >= 15 is 0 Å². The zero-order valence-corrected chi connectivity index (χ0v) is 11.3. The Morgan fingerprint density at radius 2 is 2.12 bits per heavy atom. The highest BCUT2D eigenvalue weighted by molar-refractivity contribution is 6.69. The molecule has 5 heteroatoms. The van der Waals surface area contributed by atoms with Gasteiger partial charge >= 0.3 is 5.70 Å². The predicted molar refractivity (Wildman–Crippen MR) is 69.8 cm³/mol. The van der Waals surface area contributed by atoms with Gasteiger partial charge in [0.2, 0.25) is 5.17 Å². The number of rotatable bonds is 2. The number of halogens is 1. The Morgan fingerprint density at radius 3 is 2.53 bits per heavy atom. The van der Waals surface area contributed by atoms with Gasteiger partial charge in [-0.1, -0.05) is 39.3 Å². The summed E-state index contributed by atoms with van der Waals surface area (Å²) in [5, 5.41) is 10.8. The van der Waals surface area contributed by atoms with Crippen molar-refractivity contribution in [2.45, 2.75) is 40.5 Å². The minimum Gasteiger partial charge on any atom is -0.258 e. The Bertz CT molecular complexity index is 428. The van der Waals surface area contributed by atoms with Crippen molar-refractivity contribution in [3.63, 3.8) is 0 Å². The fraction of sp³-hybridized carbons (Fsp3) is 0.583. The lowest BCUT2D eigenvalue weighted by molar-refractivity contribution is -0.414. The Morgan fingerprint density at radius 1 is 1.53 bits per heavy atom. The average Bonchev–Trinajstić information content (AvgIpc) is 2.35. The zero-order valence-electron chi connectivity index (χ0n) is 10.6. The normalized spacial score (nSPS) is 17.5. The molecule has 0 radical (unpaired) electrons. The van der Waals surface area contributed by atoms with E-state index in [1.54, 1.807) is 6.08 Å². The van der Waals surface area contributed by atoms with Gasteiger partial charge in [-0.15, -0.1) is 0 Å². The first-order valence-electron chi connectivity index (χ1n) is 5.59. The summed E-state index contributed by atoms with van der Waals surface area (Å²) in [6.45, 7) is 8.12. The molecule has 0 aliphatic carbocycles. The van der Waals surface area contributed by atoms with Gasteiger partial charge in [0, 0.05) is 17.2 Å². The molecule has 1 aliphatic heterocycles. The third-order valence-electron chi connectivity index (χ3n) is 2.63.